The van der Waals surface area contributed by atoms with Crippen LogP contribution in [0.4, 0.5) is 15.1 Å². The van der Waals surface area contributed by atoms with Crippen LogP contribution < -0.4 is 10.6 Å². The second-order valence-electron chi connectivity index (χ2n) is 3.68. The van der Waals surface area contributed by atoms with Crippen molar-refractivity contribution in [3.8, 4) is 0 Å². The number of carbonyl (C=O) groups excluding carboxylic acids is 1. The summed E-state index contributed by atoms with van der Waals surface area (Å²) in [5.41, 5.74) is 0.382. The number of anilines is 1. The molecule has 2 rings (SSSR count). The van der Waals surface area contributed by atoms with Gasteiger partial charge in [0.05, 0.1) is 4.47 Å². The normalized spacial score (nSPS) is 10.5. The van der Waals surface area contributed by atoms with Crippen LogP contribution in [0.2, 0.25) is 0 Å². The Balaban J connectivity index is 1.89. The zero-order valence-corrected chi connectivity index (χ0v) is 11.8. The topological polar surface area (TPSA) is 66.9 Å². The Morgan fingerprint density at radius 3 is 2.65 bits per heavy atom. The van der Waals surface area contributed by atoms with E-state index in [9.17, 15) is 9.18 Å². The minimum atomic E-state index is -0.514. The number of amides is 2. The Hall–Kier alpha value is -2.28. The largest absolute Gasteiger partial charge is 0.325 e. The molecular formula is C13H10BrFN4O. The quantitative estimate of drug-likeness (QED) is 0.904. The lowest BCUT2D eigenvalue weighted by Gasteiger charge is -2.02. The Kier molecular flexibility index (Phi) is 4.78. The summed E-state index contributed by atoms with van der Waals surface area (Å²) in [6.45, 7) is 0. The molecule has 2 aromatic rings. The third kappa shape index (κ3) is 4.13. The third-order valence-corrected chi connectivity index (χ3v) is 2.64. The van der Waals surface area contributed by atoms with Crippen LogP contribution in [0.3, 0.4) is 0 Å². The maximum atomic E-state index is 13.3. The van der Waals surface area contributed by atoms with E-state index in [0.29, 0.717) is 10.0 Å². The van der Waals surface area contributed by atoms with Crippen molar-refractivity contribution in [3.05, 3.63) is 58.7 Å². The molecule has 20 heavy (non-hydrogen) atoms. The van der Waals surface area contributed by atoms with Gasteiger partial charge in [0.15, 0.2) is 0 Å². The van der Waals surface area contributed by atoms with Gasteiger partial charge >= 0.3 is 6.03 Å². The molecule has 1 aromatic carbocycles. The molecule has 0 aliphatic carbocycles. The summed E-state index contributed by atoms with van der Waals surface area (Å²) in [6, 6.07) is 5.73. The van der Waals surface area contributed by atoms with Gasteiger partial charge in [0.2, 0.25) is 5.95 Å². The summed E-state index contributed by atoms with van der Waals surface area (Å²) in [4.78, 5) is 19.3. The van der Waals surface area contributed by atoms with Crippen LogP contribution >= 0.6 is 15.9 Å². The molecule has 2 N–H and O–H groups in total. The van der Waals surface area contributed by atoms with Crippen molar-refractivity contribution < 1.29 is 9.18 Å². The molecule has 102 valence electrons. The summed E-state index contributed by atoms with van der Waals surface area (Å²) < 4.78 is 14.0. The minimum absolute atomic E-state index is 0.171. The zero-order chi connectivity index (χ0) is 14.4. The zero-order valence-electron chi connectivity index (χ0n) is 10.2. The van der Waals surface area contributed by atoms with Gasteiger partial charge in [-0.2, -0.15) is 0 Å². The fraction of sp³-hybridized carbons (Fsp3) is 0. The van der Waals surface area contributed by atoms with Crippen LogP contribution in [0.5, 0.6) is 0 Å². The van der Waals surface area contributed by atoms with E-state index in [1.807, 2.05) is 0 Å². The van der Waals surface area contributed by atoms with Gasteiger partial charge in [-0.3, -0.25) is 5.32 Å². The van der Waals surface area contributed by atoms with Gasteiger partial charge in [0.1, 0.15) is 5.82 Å². The predicted octanol–water partition coefficient (Wildman–Crippen LogP) is 3.17. The van der Waals surface area contributed by atoms with Gasteiger partial charge in [-0.25, -0.2) is 19.2 Å². The van der Waals surface area contributed by atoms with E-state index in [4.69, 9.17) is 0 Å². The molecule has 5 nitrogen and oxygen atoms in total. The van der Waals surface area contributed by atoms with Crippen LogP contribution in [0.1, 0.15) is 5.56 Å². The maximum Gasteiger partial charge on any atom is 0.325 e. The van der Waals surface area contributed by atoms with E-state index in [1.54, 1.807) is 18.2 Å². The van der Waals surface area contributed by atoms with Crippen LogP contribution in [0, 0.1) is 5.82 Å². The molecule has 7 heteroatoms. The molecule has 1 heterocycles. The molecule has 0 bridgehead atoms. The van der Waals surface area contributed by atoms with Crippen LogP contribution in [0.15, 0.2) is 47.3 Å². The Labute approximate surface area is 123 Å². The molecule has 0 atom stereocenters. The second-order valence-corrected chi connectivity index (χ2v) is 4.59. The number of nitrogens with zero attached hydrogens (tertiary/aromatic N) is 2. The van der Waals surface area contributed by atoms with E-state index in [1.165, 1.54) is 30.7 Å². The number of aromatic nitrogens is 2. The number of halogens is 2. The van der Waals surface area contributed by atoms with Crippen molar-refractivity contribution in [1.29, 1.82) is 0 Å². The molecule has 0 unspecified atom stereocenters. The van der Waals surface area contributed by atoms with Crippen molar-refractivity contribution in [2.24, 2.45) is 0 Å². The summed E-state index contributed by atoms with van der Waals surface area (Å²) in [7, 11) is 0. The number of hydrogen-bond acceptors (Lipinski definition) is 3. The number of benzene rings is 1. The minimum Gasteiger partial charge on any atom is -0.314 e. The summed E-state index contributed by atoms with van der Waals surface area (Å²) in [5.74, 6) is -0.188. The first kappa shape index (κ1) is 14.1. The lowest BCUT2D eigenvalue weighted by atomic mass is 10.2. The highest BCUT2D eigenvalue weighted by Crippen LogP contribution is 2.08. The maximum absolute atomic E-state index is 13.3. The van der Waals surface area contributed by atoms with Gasteiger partial charge in [0, 0.05) is 24.2 Å². The van der Waals surface area contributed by atoms with Gasteiger partial charge in [-0.05, 0) is 28.1 Å². The van der Waals surface area contributed by atoms with Gasteiger partial charge in [-0.1, -0.05) is 18.2 Å². The molecular weight excluding hydrogens is 327 g/mol. The molecule has 0 spiro atoms. The number of urea groups is 1. The molecule has 2 amide bonds. The lowest BCUT2D eigenvalue weighted by molar-refractivity contribution is 0.255. The second kappa shape index (κ2) is 6.76. The number of hydrogen-bond donors (Lipinski definition) is 2. The third-order valence-electron chi connectivity index (χ3n) is 2.23. The standard InChI is InChI=1S/C13H10BrFN4O/c14-10-7-17-12(18-8-10)19-13(20)16-6-5-9-3-1-2-4-11(9)15/h1-8H,(H2,16,17,18,19,20)/b6-5+. The fourth-order valence-corrected chi connectivity index (χ4v) is 1.54. The van der Waals surface area contributed by atoms with Crippen molar-refractivity contribution in [1.82, 2.24) is 15.3 Å². The first-order chi connectivity index (χ1) is 9.65. The molecule has 0 aliphatic rings. The van der Waals surface area contributed by atoms with Crippen LogP contribution in [0.25, 0.3) is 6.08 Å². The van der Waals surface area contributed by atoms with Crippen LogP contribution in [-0.4, -0.2) is 16.0 Å². The van der Waals surface area contributed by atoms with Crippen molar-refractivity contribution in [2.75, 3.05) is 5.32 Å². The predicted molar refractivity (Wildman–Crippen MR) is 77.3 cm³/mol. The molecule has 0 radical (unpaired) electrons. The molecule has 1 aromatic heterocycles. The van der Waals surface area contributed by atoms with Crippen molar-refractivity contribution in [3.63, 3.8) is 0 Å². The smallest absolute Gasteiger partial charge is 0.314 e. The van der Waals surface area contributed by atoms with E-state index < -0.39 is 6.03 Å². The van der Waals surface area contributed by atoms with Gasteiger partial charge < -0.3 is 5.32 Å². The van der Waals surface area contributed by atoms with E-state index in [-0.39, 0.29) is 11.8 Å². The SMILES string of the molecule is O=C(N/C=C/c1ccccc1F)Nc1ncc(Br)cn1. The number of nitrogens with one attached hydrogen (secondary N) is 2. The fourth-order valence-electron chi connectivity index (χ4n) is 1.33. The summed E-state index contributed by atoms with van der Waals surface area (Å²) in [6.07, 6.45) is 5.82. The Bertz CT molecular complexity index is 631. The highest BCUT2D eigenvalue weighted by atomic mass is 79.9. The first-order valence-electron chi connectivity index (χ1n) is 5.61. The Morgan fingerprint density at radius 1 is 1.25 bits per heavy atom. The lowest BCUT2D eigenvalue weighted by Crippen LogP contribution is -2.24. The van der Waals surface area contributed by atoms with Crippen molar-refractivity contribution >= 4 is 34.0 Å². The molecule has 0 saturated carbocycles. The summed E-state index contributed by atoms with van der Waals surface area (Å²) in [5, 5.41) is 4.86. The Morgan fingerprint density at radius 2 is 1.95 bits per heavy atom. The summed E-state index contributed by atoms with van der Waals surface area (Å²) >= 11 is 3.19. The average Bonchev–Trinajstić information content (AvgIpc) is 2.43. The number of rotatable bonds is 3. The van der Waals surface area contributed by atoms with Crippen molar-refractivity contribution in [2.45, 2.75) is 0 Å². The van der Waals surface area contributed by atoms with Crippen LogP contribution in [-0.2, 0) is 0 Å². The average molecular weight is 337 g/mol. The van der Waals surface area contributed by atoms with E-state index in [2.05, 4.69) is 36.5 Å². The van der Waals surface area contributed by atoms with E-state index >= 15 is 0 Å². The van der Waals surface area contributed by atoms with Gasteiger partial charge in [0.25, 0.3) is 0 Å². The number of carbonyl (C=O) groups is 1. The molecule has 0 aliphatic heterocycles. The monoisotopic (exact) mass is 336 g/mol. The molecule has 0 saturated heterocycles. The first-order valence-corrected chi connectivity index (χ1v) is 6.40. The molecule has 0 fully saturated rings. The highest BCUT2D eigenvalue weighted by Gasteiger charge is 2.01. The van der Waals surface area contributed by atoms with E-state index in [0.717, 1.165) is 0 Å². The highest BCUT2D eigenvalue weighted by molar-refractivity contribution is 9.10. The van der Waals surface area contributed by atoms with Gasteiger partial charge in [-0.15, -0.1) is 0 Å².